The molecular formula is C17H16N2O2. The van der Waals surface area contributed by atoms with E-state index in [-0.39, 0.29) is 5.91 Å². The predicted molar refractivity (Wildman–Crippen MR) is 81.1 cm³/mol. The van der Waals surface area contributed by atoms with Crippen LogP contribution in [0.4, 0.5) is 0 Å². The molecule has 0 unspecified atom stereocenters. The first-order chi connectivity index (χ1) is 10.1. The van der Waals surface area contributed by atoms with E-state index in [0.29, 0.717) is 23.6 Å². The van der Waals surface area contributed by atoms with Crippen molar-refractivity contribution in [2.45, 2.75) is 20.4 Å². The van der Waals surface area contributed by atoms with Gasteiger partial charge >= 0.3 is 0 Å². The van der Waals surface area contributed by atoms with Gasteiger partial charge in [-0.3, -0.25) is 4.79 Å². The Hall–Kier alpha value is -2.62. The van der Waals surface area contributed by atoms with Crippen LogP contribution in [0.3, 0.4) is 0 Å². The maximum absolute atomic E-state index is 12.2. The van der Waals surface area contributed by atoms with Crippen LogP contribution in [-0.2, 0) is 6.54 Å². The number of oxazole rings is 1. The zero-order valence-electron chi connectivity index (χ0n) is 12.0. The molecule has 0 spiro atoms. The Morgan fingerprint density at radius 1 is 1.19 bits per heavy atom. The van der Waals surface area contributed by atoms with Gasteiger partial charge in [0.25, 0.3) is 5.91 Å². The minimum atomic E-state index is -0.116. The molecule has 0 atom stereocenters. The Bertz CT molecular complexity index is 805. The molecule has 1 N–H and O–H groups in total. The van der Waals surface area contributed by atoms with Crippen molar-refractivity contribution in [3.05, 3.63) is 65.0 Å². The molecule has 0 aliphatic rings. The number of fused-ring (bicyclic) bond motifs is 1. The van der Waals surface area contributed by atoms with E-state index in [0.717, 1.165) is 11.1 Å². The molecule has 2 aromatic carbocycles. The predicted octanol–water partition coefficient (Wildman–Crippen LogP) is 3.37. The van der Waals surface area contributed by atoms with E-state index in [1.54, 1.807) is 25.1 Å². The van der Waals surface area contributed by atoms with Gasteiger partial charge in [-0.25, -0.2) is 4.98 Å². The number of hydrogen-bond donors (Lipinski definition) is 1. The van der Waals surface area contributed by atoms with Crippen molar-refractivity contribution in [1.29, 1.82) is 0 Å². The van der Waals surface area contributed by atoms with E-state index in [2.05, 4.69) is 10.3 Å². The van der Waals surface area contributed by atoms with Gasteiger partial charge in [-0.05, 0) is 36.2 Å². The lowest BCUT2D eigenvalue weighted by atomic mass is 10.1. The monoisotopic (exact) mass is 280 g/mol. The summed E-state index contributed by atoms with van der Waals surface area (Å²) < 4.78 is 5.45. The summed E-state index contributed by atoms with van der Waals surface area (Å²) in [5, 5.41) is 2.93. The number of benzene rings is 2. The minimum Gasteiger partial charge on any atom is -0.441 e. The average molecular weight is 280 g/mol. The quantitative estimate of drug-likeness (QED) is 0.800. The van der Waals surface area contributed by atoms with Crippen LogP contribution < -0.4 is 5.32 Å². The fraction of sp³-hybridized carbons (Fsp3) is 0.176. The molecule has 4 nitrogen and oxygen atoms in total. The summed E-state index contributed by atoms with van der Waals surface area (Å²) in [6, 6.07) is 13.3. The normalized spacial score (nSPS) is 10.8. The Morgan fingerprint density at radius 3 is 2.81 bits per heavy atom. The van der Waals surface area contributed by atoms with Crippen LogP contribution in [0.5, 0.6) is 0 Å². The van der Waals surface area contributed by atoms with Gasteiger partial charge < -0.3 is 9.73 Å². The summed E-state index contributed by atoms with van der Waals surface area (Å²) in [4.78, 5) is 16.4. The van der Waals surface area contributed by atoms with E-state index in [1.807, 2.05) is 31.2 Å². The molecule has 21 heavy (non-hydrogen) atoms. The SMILES string of the molecule is Cc1nc2ccc(C(=O)NCc3ccccc3C)cc2o1. The van der Waals surface area contributed by atoms with Gasteiger partial charge in [-0.2, -0.15) is 0 Å². The molecule has 0 aliphatic carbocycles. The lowest BCUT2D eigenvalue weighted by molar-refractivity contribution is 0.0951. The third-order valence-electron chi connectivity index (χ3n) is 3.46. The molecule has 3 rings (SSSR count). The lowest BCUT2D eigenvalue weighted by Gasteiger charge is -2.07. The summed E-state index contributed by atoms with van der Waals surface area (Å²) in [5.74, 6) is 0.483. The fourth-order valence-corrected chi connectivity index (χ4v) is 2.27. The summed E-state index contributed by atoms with van der Waals surface area (Å²) >= 11 is 0. The molecule has 1 amide bonds. The largest absolute Gasteiger partial charge is 0.441 e. The average Bonchev–Trinajstić information content (AvgIpc) is 2.85. The highest BCUT2D eigenvalue weighted by atomic mass is 16.3. The van der Waals surface area contributed by atoms with Crippen molar-refractivity contribution >= 4 is 17.0 Å². The van der Waals surface area contributed by atoms with Crippen LogP contribution in [-0.4, -0.2) is 10.9 Å². The summed E-state index contributed by atoms with van der Waals surface area (Å²) in [6.07, 6.45) is 0. The van der Waals surface area contributed by atoms with E-state index in [4.69, 9.17) is 4.42 Å². The maximum Gasteiger partial charge on any atom is 0.251 e. The second-order valence-electron chi connectivity index (χ2n) is 5.02. The Kier molecular flexibility index (Phi) is 3.44. The molecule has 3 aromatic rings. The van der Waals surface area contributed by atoms with Gasteiger partial charge in [-0.15, -0.1) is 0 Å². The van der Waals surface area contributed by atoms with Crippen LogP contribution in [0.2, 0.25) is 0 Å². The Labute approximate surface area is 122 Å². The highest BCUT2D eigenvalue weighted by molar-refractivity contribution is 5.96. The smallest absolute Gasteiger partial charge is 0.251 e. The lowest BCUT2D eigenvalue weighted by Crippen LogP contribution is -2.23. The molecule has 0 aliphatic heterocycles. The van der Waals surface area contributed by atoms with Crippen molar-refractivity contribution in [2.75, 3.05) is 0 Å². The fourth-order valence-electron chi connectivity index (χ4n) is 2.27. The number of rotatable bonds is 3. The Morgan fingerprint density at radius 2 is 2.00 bits per heavy atom. The van der Waals surface area contributed by atoms with Crippen LogP contribution in [0, 0.1) is 13.8 Å². The molecular weight excluding hydrogens is 264 g/mol. The number of aryl methyl sites for hydroxylation is 2. The molecule has 0 bridgehead atoms. The highest BCUT2D eigenvalue weighted by Crippen LogP contribution is 2.17. The van der Waals surface area contributed by atoms with Crippen molar-refractivity contribution in [3.8, 4) is 0 Å². The minimum absolute atomic E-state index is 0.116. The van der Waals surface area contributed by atoms with Gasteiger partial charge in [0.15, 0.2) is 11.5 Å². The number of amides is 1. The summed E-state index contributed by atoms with van der Waals surface area (Å²) in [7, 11) is 0. The molecule has 1 aromatic heterocycles. The maximum atomic E-state index is 12.2. The summed E-state index contributed by atoms with van der Waals surface area (Å²) in [6.45, 7) is 4.34. The summed E-state index contributed by atoms with van der Waals surface area (Å²) in [5.41, 5.74) is 4.26. The van der Waals surface area contributed by atoms with Crippen molar-refractivity contribution in [3.63, 3.8) is 0 Å². The number of carbonyl (C=O) groups excluding carboxylic acids is 1. The second kappa shape index (κ2) is 5.40. The van der Waals surface area contributed by atoms with Gasteiger partial charge in [0.1, 0.15) is 5.52 Å². The van der Waals surface area contributed by atoms with Gasteiger partial charge in [0.2, 0.25) is 0 Å². The molecule has 0 radical (unpaired) electrons. The number of hydrogen-bond acceptors (Lipinski definition) is 3. The molecule has 4 heteroatoms. The van der Waals surface area contributed by atoms with Gasteiger partial charge in [-0.1, -0.05) is 24.3 Å². The standard InChI is InChI=1S/C17H16N2O2/c1-11-5-3-4-6-14(11)10-18-17(20)13-7-8-15-16(9-13)21-12(2)19-15/h3-9H,10H2,1-2H3,(H,18,20). The molecule has 106 valence electrons. The number of nitrogens with one attached hydrogen (secondary N) is 1. The topological polar surface area (TPSA) is 55.1 Å². The van der Waals surface area contributed by atoms with Gasteiger partial charge in [0, 0.05) is 19.0 Å². The second-order valence-corrected chi connectivity index (χ2v) is 5.02. The third kappa shape index (κ3) is 2.79. The number of carbonyl (C=O) groups is 1. The van der Waals surface area contributed by atoms with Crippen LogP contribution in [0.15, 0.2) is 46.9 Å². The first kappa shape index (κ1) is 13.4. The van der Waals surface area contributed by atoms with E-state index in [9.17, 15) is 4.79 Å². The Balaban J connectivity index is 1.76. The van der Waals surface area contributed by atoms with Gasteiger partial charge in [0.05, 0.1) is 0 Å². The van der Waals surface area contributed by atoms with E-state index in [1.165, 1.54) is 5.56 Å². The zero-order valence-corrected chi connectivity index (χ0v) is 12.0. The van der Waals surface area contributed by atoms with Crippen molar-refractivity contribution in [1.82, 2.24) is 10.3 Å². The molecule has 1 heterocycles. The van der Waals surface area contributed by atoms with Crippen molar-refractivity contribution < 1.29 is 9.21 Å². The molecule has 0 fully saturated rings. The first-order valence-electron chi connectivity index (χ1n) is 6.83. The van der Waals surface area contributed by atoms with Crippen LogP contribution >= 0.6 is 0 Å². The third-order valence-corrected chi connectivity index (χ3v) is 3.46. The molecule has 0 saturated heterocycles. The highest BCUT2D eigenvalue weighted by Gasteiger charge is 2.09. The van der Waals surface area contributed by atoms with E-state index >= 15 is 0 Å². The number of aromatic nitrogens is 1. The van der Waals surface area contributed by atoms with Crippen LogP contribution in [0.1, 0.15) is 27.4 Å². The zero-order chi connectivity index (χ0) is 14.8. The van der Waals surface area contributed by atoms with Crippen molar-refractivity contribution in [2.24, 2.45) is 0 Å². The molecule has 0 saturated carbocycles. The van der Waals surface area contributed by atoms with E-state index < -0.39 is 0 Å². The number of nitrogens with zero attached hydrogens (tertiary/aromatic N) is 1. The first-order valence-corrected chi connectivity index (χ1v) is 6.83. The van der Waals surface area contributed by atoms with Crippen LogP contribution in [0.25, 0.3) is 11.1 Å².